The van der Waals surface area contributed by atoms with Crippen LogP contribution in [0.25, 0.3) is 0 Å². The fraction of sp³-hybridized carbons (Fsp3) is 0.576. The van der Waals surface area contributed by atoms with Gasteiger partial charge in [0, 0.05) is 32.7 Å². The molecule has 2 aromatic carbocycles. The topological polar surface area (TPSA) is 91.9 Å². The van der Waals surface area contributed by atoms with Crippen LogP contribution < -0.4 is 4.74 Å². The first kappa shape index (κ1) is 33.9. The Balaban J connectivity index is 1.30. The molecular weight excluding hydrogens is 580 g/mol. The molecule has 2 atom stereocenters. The normalized spacial score (nSPS) is 18.7. The van der Waals surface area contributed by atoms with Crippen LogP contribution in [-0.2, 0) is 31.9 Å². The summed E-state index contributed by atoms with van der Waals surface area (Å²) < 4.78 is 31.8. The van der Waals surface area contributed by atoms with Crippen LogP contribution >= 0.6 is 0 Å². The van der Waals surface area contributed by atoms with Crippen molar-refractivity contribution in [3.05, 3.63) is 59.2 Å². The number of carbonyl (C=O) groups excluding carboxylic acids is 2. The zero-order valence-electron chi connectivity index (χ0n) is 26.8. The van der Waals surface area contributed by atoms with Gasteiger partial charge >= 0.3 is 6.09 Å². The molecule has 0 aromatic heterocycles. The van der Waals surface area contributed by atoms with Crippen LogP contribution in [0.5, 0.6) is 5.75 Å². The molecule has 2 heterocycles. The van der Waals surface area contributed by atoms with Gasteiger partial charge in [-0.3, -0.25) is 4.79 Å². The molecule has 0 aliphatic carbocycles. The second kappa shape index (κ2) is 16.4. The van der Waals surface area contributed by atoms with Crippen molar-refractivity contribution in [2.45, 2.75) is 63.1 Å². The maximum absolute atomic E-state index is 13.5. The van der Waals surface area contributed by atoms with Gasteiger partial charge in [-0.05, 0) is 88.5 Å². The molecule has 2 saturated heterocycles. The highest BCUT2D eigenvalue weighted by molar-refractivity contribution is 7.82. The van der Waals surface area contributed by atoms with E-state index in [9.17, 15) is 13.8 Å². The summed E-state index contributed by atoms with van der Waals surface area (Å²) in [5.41, 5.74) is 2.76. The van der Waals surface area contributed by atoms with E-state index in [2.05, 4.69) is 11.9 Å². The van der Waals surface area contributed by atoms with Gasteiger partial charge in [0.05, 0.1) is 24.7 Å². The maximum atomic E-state index is 13.5. The molecule has 2 amide bonds. The second-order valence-corrected chi connectivity index (χ2v) is 13.4. The average molecular weight is 629 g/mol. The fourth-order valence-electron chi connectivity index (χ4n) is 6.06. The SMILES string of the molecule is COc1cc(C)c(S(=O)N(C)CCOCC(=O)N2CCC[C@H](N(C(=O)OCc3ccccc3)C3CCN(C)CC3)C2)c(C)c1. The van der Waals surface area contributed by atoms with Gasteiger partial charge in [-0.1, -0.05) is 30.3 Å². The Kier molecular flexibility index (Phi) is 12.6. The summed E-state index contributed by atoms with van der Waals surface area (Å²) >= 11 is 0. The number of nitrogens with zero attached hydrogens (tertiary/aromatic N) is 4. The minimum atomic E-state index is -1.36. The Hall–Kier alpha value is -2.99. The standard InChI is InChI=1S/C33H48N4O6S/c1-25-20-30(41-5)21-26(2)32(25)44(40)35(4)18-19-42-24-31(38)36-15-9-12-29(22-36)37(28-13-16-34(3)17-14-28)33(39)43-23-27-10-7-6-8-11-27/h6-8,10-11,20-21,28-29H,9,12-19,22-24H2,1-5H3/t29-,44?/m0/s1. The highest BCUT2D eigenvalue weighted by Crippen LogP contribution is 2.27. The lowest BCUT2D eigenvalue weighted by atomic mass is 9.97. The van der Waals surface area contributed by atoms with Gasteiger partial charge in [0.15, 0.2) is 0 Å². The quantitative estimate of drug-likeness (QED) is 0.328. The van der Waals surface area contributed by atoms with Crippen LogP contribution in [0.2, 0.25) is 0 Å². The molecule has 242 valence electrons. The van der Waals surface area contributed by atoms with Crippen LogP contribution in [0.1, 0.15) is 42.4 Å². The number of carbonyl (C=O) groups is 2. The molecule has 11 heteroatoms. The highest BCUT2D eigenvalue weighted by Gasteiger charge is 2.37. The van der Waals surface area contributed by atoms with Gasteiger partial charge in [-0.2, -0.15) is 0 Å². The molecule has 44 heavy (non-hydrogen) atoms. The zero-order valence-corrected chi connectivity index (χ0v) is 27.6. The van der Waals surface area contributed by atoms with Gasteiger partial charge in [-0.25, -0.2) is 13.3 Å². The number of likely N-dealkylation sites (tertiary alicyclic amines) is 2. The zero-order chi connectivity index (χ0) is 31.6. The first-order chi connectivity index (χ1) is 21.2. The summed E-state index contributed by atoms with van der Waals surface area (Å²) in [4.78, 5) is 33.5. The number of piperidine rings is 2. The largest absolute Gasteiger partial charge is 0.497 e. The minimum Gasteiger partial charge on any atom is -0.497 e. The van der Waals surface area contributed by atoms with Crippen LogP contribution in [0.4, 0.5) is 4.79 Å². The maximum Gasteiger partial charge on any atom is 0.410 e. The van der Waals surface area contributed by atoms with E-state index in [-0.39, 0.29) is 43.9 Å². The third-order valence-electron chi connectivity index (χ3n) is 8.54. The predicted octanol–water partition coefficient (Wildman–Crippen LogP) is 4.01. The number of methoxy groups -OCH3 is 1. The van der Waals surface area contributed by atoms with E-state index in [1.54, 1.807) is 18.5 Å². The van der Waals surface area contributed by atoms with E-state index in [0.29, 0.717) is 19.6 Å². The summed E-state index contributed by atoms with van der Waals surface area (Å²) in [5, 5.41) is 0. The molecule has 2 aromatic rings. The van der Waals surface area contributed by atoms with Gasteiger partial charge in [0.25, 0.3) is 0 Å². The smallest absolute Gasteiger partial charge is 0.410 e. The number of ether oxygens (including phenoxy) is 3. The molecule has 2 aliphatic heterocycles. The van der Waals surface area contributed by atoms with Gasteiger partial charge in [0.2, 0.25) is 5.91 Å². The van der Waals surface area contributed by atoms with E-state index in [1.807, 2.05) is 66.1 Å². The molecule has 4 rings (SSSR count). The van der Waals surface area contributed by atoms with Crippen LogP contribution in [0.3, 0.4) is 0 Å². The first-order valence-corrected chi connectivity index (χ1v) is 16.6. The molecule has 0 N–H and O–H groups in total. The summed E-state index contributed by atoms with van der Waals surface area (Å²) in [6, 6.07) is 13.5. The summed E-state index contributed by atoms with van der Waals surface area (Å²) in [6.07, 6.45) is 3.10. The summed E-state index contributed by atoms with van der Waals surface area (Å²) in [7, 11) is 4.14. The molecule has 10 nitrogen and oxygen atoms in total. The molecule has 0 bridgehead atoms. The monoisotopic (exact) mass is 628 g/mol. The van der Waals surface area contributed by atoms with E-state index in [0.717, 1.165) is 66.1 Å². The third-order valence-corrected chi connectivity index (χ3v) is 10.3. The molecule has 1 unspecified atom stereocenters. The van der Waals surface area contributed by atoms with E-state index in [1.165, 1.54) is 0 Å². The van der Waals surface area contributed by atoms with Crippen molar-refractivity contribution in [1.29, 1.82) is 0 Å². The van der Waals surface area contributed by atoms with Crippen molar-refractivity contribution in [3.63, 3.8) is 0 Å². The third kappa shape index (κ3) is 9.03. The molecule has 0 spiro atoms. The first-order valence-electron chi connectivity index (χ1n) is 15.5. The number of aryl methyl sites for hydroxylation is 2. The molecule has 0 saturated carbocycles. The molecule has 2 fully saturated rings. The lowest BCUT2D eigenvalue weighted by Crippen LogP contribution is -2.57. The summed E-state index contributed by atoms with van der Waals surface area (Å²) in [5.74, 6) is 0.644. The van der Waals surface area contributed by atoms with Crippen LogP contribution in [0, 0.1) is 13.8 Å². The Morgan fingerprint density at radius 3 is 2.34 bits per heavy atom. The number of hydrogen-bond donors (Lipinski definition) is 0. The number of amides is 2. The molecule has 0 radical (unpaired) electrons. The predicted molar refractivity (Wildman–Crippen MR) is 171 cm³/mol. The second-order valence-electron chi connectivity index (χ2n) is 11.9. The van der Waals surface area contributed by atoms with Gasteiger partial charge in [0.1, 0.15) is 29.9 Å². The lowest BCUT2D eigenvalue weighted by Gasteiger charge is -2.44. The number of hydrogen-bond acceptors (Lipinski definition) is 7. The number of likely N-dealkylation sites (N-methyl/N-ethyl adjacent to an activating group) is 1. The van der Waals surface area contributed by atoms with Crippen molar-refractivity contribution in [1.82, 2.24) is 19.0 Å². The van der Waals surface area contributed by atoms with Gasteiger partial charge in [-0.15, -0.1) is 0 Å². The van der Waals surface area contributed by atoms with E-state index >= 15 is 0 Å². The van der Waals surface area contributed by atoms with Crippen LogP contribution in [0.15, 0.2) is 47.4 Å². The minimum absolute atomic E-state index is 0.0551. The average Bonchev–Trinajstić information content (AvgIpc) is 3.03. The Labute approximate surface area is 264 Å². The van der Waals surface area contributed by atoms with Crippen molar-refractivity contribution < 1.29 is 28.0 Å². The van der Waals surface area contributed by atoms with E-state index < -0.39 is 11.0 Å². The Morgan fingerprint density at radius 1 is 1.00 bits per heavy atom. The lowest BCUT2D eigenvalue weighted by molar-refractivity contribution is -0.138. The van der Waals surface area contributed by atoms with Crippen LogP contribution in [-0.4, -0.2) is 114 Å². The van der Waals surface area contributed by atoms with Gasteiger partial charge < -0.3 is 28.9 Å². The highest BCUT2D eigenvalue weighted by atomic mass is 32.2. The van der Waals surface area contributed by atoms with Crippen molar-refractivity contribution >= 4 is 23.0 Å². The number of rotatable bonds is 12. The summed E-state index contributed by atoms with van der Waals surface area (Å²) in [6.45, 7) is 7.65. The Morgan fingerprint density at radius 2 is 1.68 bits per heavy atom. The molecular formula is C33H48N4O6S. The Bertz CT molecular complexity index is 1250. The number of benzene rings is 2. The van der Waals surface area contributed by atoms with Crippen molar-refractivity contribution in [3.8, 4) is 5.75 Å². The van der Waals surface area contributed by atoms with Crippen molar-refractivity contribution in [2.24, 2.45) is 0 Å². The fourth-order valence-corrected chi connectivity index (χ4v) is 7.28. The molecule has 2 aliphatic rings. The van der Waals surface area contributed by atoms with E-state index in [4.69, 9.17) is 14.2 Å². The van der Waals surface area contributed by atoms with Crippen molar-refractivity contribution in [2.75, 3.05) is 67.1 Å².